The Morgan fingerprint density at radius 3 is 2.11 bits per heavy atom. The van der Waals surface area contributed by atoms with E-state index in [2.05, 4.69) is 4.98 Å². The molecular weight excluding hydrogens is 594 g/mol. The third-order valence-corrected chi connectivity index (χ3v) is 7.75. The largest absolute Gasteiger partial charge is 0.493 e. The van der Waals surface area contributed by atoms with Crippen molar-refractivity contribution in [2.75, 3.05) is 25.7 Å². The summed E-state index contributed by atoms with van der Waals surface area (Å²) in [5.41, 5.74) is -1.68. The molecule has 2 N–H and O–H groups in total. The number of ether oxygens (including phenoxy) is 3. The van der Waals surface area contributed by atoms with Gasteiger partial charge in [0.1, 0.15) is 0 Å². The summed E-state index contributed by atoms with van der Waals surface area (Å²) in [6.07, 6.45) is -12.8. The van der Waals surface area contributed by atoms with Crippen LogP contribution in [0.2, 0.25) is 0 Å². The van der Waals surface area contributed by atoms with E-state index in [4.69, 9.17) is 14.2 Å². The van der Waals surface area contributed by atoms with Gasteiger partial charge in [-0.15, -0.1) is 0 Å². The number of fused-ring (bicyclic) bond motifs is 2. The van der Waals surface area contributed by atoms with Crippen molar-refractivity contribution in [1.29, 1.82) is 0 Å². The van der Waals surface area contributed by atoms with Crippen LogP contribution in [0, 0.1) is 0 Å². The van der Waals surface area contributed by atoms with Crippen molar-refractivity contribution in [2.24, 2.45) is 0 Å². The Hall–Kier alpha value is -4.39. The zero-order chi connectivity index (χ0) is 32.0. The summed E-state index contributed by atoms with van der Waals surface area (Å²) in [6, 6.07) is 12.4. The smallest absolute Gasteiger partial charge is 0.416 e. The number of aromatic amines is 1. The number of H-pyrrole nitrogens is 1. The third kappa shape index (κ3) is 5.75. The molecule has 7 nitrogen and oxygen atoms in total. The molecule has 1 amide bonds. The fraction of sp³-hybridized carbons (Fsp3) is 0.323. The molecule has 3 atom stereocenters. The SMILES string of the molecule is CCO[C@@H](c1cc(C(F)(F)F)cc(C(F)(F)F)c1)[C@H]1C[C@H](c2cc3ccccc3[nH]2)N(C(=O)O)c2cc(OC)c(OC)cc21. The second kappa shape index (κ2) is 11.6. The van der Waals surface area contributed by atoms with Crippen molar-refractivity contribution >= 4 is 22.7 Å². The van der Waals surface area contributed by atoms with Crippen LogP contribution in [0.1, 0.15) is 59.4 Å². The number of rotatable bonds is 7. The summed E-state index contributed by atoms with van der Waals surface area (Å²) in [5, 5.41) is 11.2. The van der Waals surface area contributed by atoms with Crippen LogP contribution < -0.4 is 14.4 Å². The quantitative estimate of drug-likeness (QED) is 0.202. The summed E-state index contributed by atoms with van der Waals surface area (Å²) >= 11 is 0. The molecule has 0 aliphatic carbocycles. The zero-order valence-corrected chi connectivity index (χ0v) is 23.7. The molecule has 2 heterocycles. The number of anilines is 1. The number of carboxylic acid groups (broad SMARTS) is 1. The van der Waals surface area contributed by atoms with Crippen molar-refractivity contribution < 1.29 is 50.5 Å². The number of hydrogen-bond donors (Lipinski definition) is 2. The highest BCUT2D eigenvalue weighted by Crippen LogP contribution is 2.54. The van der Waals surface area contributed by atoms with Gasteiger partial charge in [0.15, 0.2) is 11.5 Å². The number of hydrogen-bond acceptors (Lipinski definition) is 4. The van der Waals surface area contributed by atoms with Crippen LogP contribution in [-0.2, 0) is 17.1 Å². The molecular formula is C31H28F6N2O5. The van der Waals surface area contributed by atoms with Crippen LogP contribution in [0.4, 0.5) is 36.8 Å². The lowest BCUT2D eigenvalue weighted by Gasteiger charge is -2.42. The van der Waals surface area contributed by atoms with Crippen LogP contribution in [-0.4, -0.2) is 37.0 Å². The van der Waals surface area contributed by atoms with Gasteiger partial charge in [0.25, 0.3) is 0 Å². The molecule has 0 saturated heterocycles. The minimum absolute atomic E-state index is 0.0517. The zero-order valence-electron chi connectivity index (χ0n) is 23.7. The molecule has 0 unspecified atom stereocenters. The van der Waals surface area contributed by atoms with Gasteiger partial charge in [-0.05, 0) is 66.3 Å². The van der Waals surface area contributed by atoms with E-state index in [0.29, 0.717) is 23.4 Å². The summed E-state index contributed by atoms with van der Waals surface area (Å²) in [7, 11) is 2.71. The fourth-order valence-corrected chi connectivity index (χ4v) is 5.86. The standard InChI is InChI=1S/C31H28F6N2O5/c1-4-44-28(17-9-18(30(32,33)34)12-19(10-17)31(35,36)37)21-13-25(23-11-16-7-5-6-8-22(16)38-23)39(29(40)41)24-15-27(43-3)26(42-2)14-20(21)24/h5-12,14-15,21,25,28,38H,4,13H2,1-3H3,(H,40,41)/t21-,25+,28-/m0/s1. The number of nitrogens with one attached hydrogen (secondary N) is 1. The number of amides is 1. The first-order valence-corrected chi connectivity index (χ1v) is 13.5. The highest BCUT2D eigenvalue weighted by molar-refractivity contribution is 5.91. The second-order valence-corrected chi connectivity index (χ2v) is 10.3. The summed E-state index contributed by atoms with van der Waals surface area (Å²) in [5.74, 6) is -0.540. The van der Waals surface area contributed by atoms with E-state index in [1.165, 1.54) is 26.4 Å². The lowest BCUT2D eigenvalue weighted by Crippen LogP contribution is -2.40. The van der Waals surface area contributed by atoms with Gasteiger partial charge in [-0.3, -0.25) is 4.90 Å². The van der Waals surface area contributed by atoms with Gasteiger partial charge in [0.05, 0.1) is 43.2 Å². The molecule has 0 bridgehead atoms. The predicted molar refractivity (Wildman–Crippen MR) is 149 cm³/mol. The number of nitrogens with zero attached hydrogens (tertiary/aromatic N) is 1. The monoisotopic (exact) mass is 622 g/mol. The average Bonchev–Trinajstić information content (AvgIpc) is 3.41. The van der Waals surface area contributed by atoms with Crippen molar-refractivity contribution in [1.82, 2.24) is 4.98 Å². The first-order valence-electron chi connectivity index (χ1n) is 13.5. The topological polar surface area (TPSA) is 84.0 Å². The highest BCUT2D eigenvalue weighted by Gasteiger charge is 2.44. The Bertz CT molecular complexity index is 1620. The number of methoxy groups -OCH3 is 2. The van der Waals surface area contributed by atoms with E-state index in [9.17, 15) is 36.2 Å². The highest BCUT2D eigenvalue weighted by atomic mass is 19.4. The van der Waals surface area contributed by atoms with Gasteiger partial charge in [0, 0.05) is 29.8 Å². The minimum atomic E-state index is -5.07. The molecule has 1 aliphatic rings. The number of aromatic nitrogens is 1. The van der Waals surface area contributed by atoms with E-state index in [-0.39, 0.29) is 41.8 Å². The van der Waals surface area contributed by atoms with Gasteiger partial charge in [-0.25, -0.2) is 4.79 Å². The number of carbonyl (C=O) groups is 1. The summed E-state index contributed by atoms with van der Waals surface area (Å²) < 4.78 is 100.0. The molecule has 3 aromatic carbocycles. The van der Waals surface area contributed by atoms with Gasteiger partial charge in [-0.1, -0.05) is 18.2 Å². The van der Waals surface area contributed by atoms with Crippen molar-refractivity contribution in [3.8, 4) is 11.5 Å². The Kier molecular flexibility index (Phi) is 8.19. The molecule has 234 valence electrons. The average molecular weight is 623 g/mol. The third-order valence-electron chi connectivity index (χ3n) is 7.75. The first kappa shape index (κ1) is 31.0. The molecule has 0 saturated carbocycles. The van der Waals surface area contributed by atoms with E-state index >= 15 is 0 Å². The Labute approximate surface area is 247 Å². The molecule has 44 heavy (non-hydrogen) atoms. The lowest BCUT2D eigenvalue weighted by molar-refractivity contribution is -0.143. The van der Waals surface area contributed by atoms with E-state index in [0.717, 1.165) is 15.8 Å². The molecule has 0 spiro atoms. The Morgan fingerprint density at radius 1 is 0.955 bits per heavy atom. The predicted octanol–water partition coefficient (Wildman–Crippen LogP) is 8.71. The molecule has 4 aromatic rings. The maximum Gasteiger partial charge on any atom is 0.416 e. The number of alkyl halides is 6. The van der Waals surface area contributed by atoms with Crippen molar-refractivity contribution in [3.05, 3.63) is 88.6 Å². The summed E-state index contributed by atoms with van der Waals surface area (Å²) in [4.78, 5) is 17.1. The Morgan fingerprint density at radius 2 is 1.57 bits per heavy atom. The van der Waals surface area contributed by atoms with Crippen LogP contribution in [0.15, 0.2) is 60.7 Å². The number of para-hydroxylation sites is 1. The Balaban J connectivity index is 1.77. The van der Waals surface area contributed by atoms with Gasteiger partial charge >= 0.3 is 18.4 Å². The van der Waals surface area contributed by atoms with Crippen molar-refractivity contribution in [2.45, 2.75) is 43.8 Å². The van der Waals surface area contributed by atoms with Crippen LogP contribution >= 0.6 is 0 Å². The first-order chi connectivity index (χ1) is 20.8. The van der Waals surface area contributed by atoms with Gasteiger partial charge in [-0.2, -0.15) is 26.3 Å². The maximum absolute atomic E-state index is 13.9. The van der Waals surface area contributed by atoms with E-state index in [1.807, 2.05) is 12.1 Å². The van der Waals surface area contributed by atoms with Crippen LogP contribution in [0.3, 0.4) is 0 Å². The minimum Gasteiger partial charge on any atom is -0.493 e. The lowest BCUT2D eigenvalue weighted by atomic mass is 9.78. The second-order valence-electron chi connectivity index (χ2n) is 10.3. The molecule has 0 radical (unpaired) electrons. The number of benzene rings is 3. The van der Waals surface area contributed by atoms with Gasteiger partial charge < -0.3 is 24.3 Å². The molecule has 5 rings (SSSR count). The van der Waals surface area contributed by atoms with E-state index in [1.54, 1.807) is 25.1 Å². The van der Waals surface area contributed by atoms with E-state index < -0.39 is 47.6 Å². The number of halogens is 6. The van der Waals surface area contributed by atoms with Crippen LogP contribution in [0.5, 0.6) is 11.5 Å². The molecule has 1 aromatic heterocycles. The van der Waals surface area contributed by atoms with Gasteiger partial charge in [0.2, 0.25) is 0 Å². The fourth-order valence-electron chi connectivity index (χ4n) is 5.86. The molecule has 0 fully saturated rings. The molecule has 1 aliphatic heterocycles. The summed E-state index contributed by atoms with van der Waals surface area (Å²) in [6.45, 7) is 1.52. The van der Waals surface area contributed by atoms with Crippen molar-refractivity contribution in [3.63, 3.8) is 0 Å². The molecule has 13 heteroatoms. The normalized spacial score (nSPS) is 17.8. The van der Waals surface area contributed by atoms with Crippen LogP contribution in [0.25, 0.3) is 10.9 Å². The maximum atomic E-state index is 13.9.